The van der Waals surface area contributed by atoms with Gasteiger partial charge >= 0.3 is 0 Å². The summed E-state index contributed by atoms with van der Waals surface area (Å²) in [5.41, 5.74) is 1.83. The molecule has 2 nitrogen and oxygen atoms in total. The van der Waals surface area contributed by atoms with Crippen LogP contribution in [0.4, 0.5) is 8.78 Å². The van der Waals surface area contributed by atoms with E-state index in [2.05, 4.69) is 31.8 Å². The van der Waals surface area contributed by atoms with Crippen LogP contribution in [0, 0.1) is 52.6 Å². The molecular formula is C36H45F2NO. The highest BCUT2D eigenvalue weighted by Crippen LogP contribution is 2.45. The lowest BCUT2D eigenvalue weighted by molar-refractivity contribution is 0.155. The maximum absolute atomic E-state index is 15.4. The van der Waals surface area contributed by atoms with Gasteiger partial charge in [-0.2, -0.15) is 9.65 Å². The van der Waals surface area contributed by atoms with Crippen molar-refractivity contribution in [1.82, 2.24) is 0 Å². The van der Waals surface area contributed by atoms with Gasteiger partial charge in [0, 0.05) is 5.56 Å². The SMILES string of the molecule is CCCCCC(C#Cc1ccc(C#N)cc1)Oc1ccc(C2CCC(C3CCC(CCC)CC3)CC2)c(F)c1F. The van der Waals surface area contributed by atoms with E-state index in [1.54, 1.807) is 36.4 Å². The Morgan fingerprint density at radius 2 is 1.45 bits per heavy atom. The van der Waals surface area contributed by atoms with Crippen molar-refractivity contribution in [2.24, 2.45) is 17.8 Å². The van der Waals surface area contributed by atoms with Crippen molar-refractivity contribution >= 4 is 0 Å². The second kappa shape index (κ2) is 15.2. The second-order valence-electron chi connectivity index (χ2n) is 12.0. The first kappa shape index (κ1) is 30.1. The van der Waals surface area contributed by atoms with Crippen LogP contribution in [0.1, 0.15) is 126 Å². The average molecular weight is 546 g/mol. The molecule has 0 radical (unpaired) electrons. The number of nitriles is 1. The molecule has 0 amide bonds. The summed E-state index contributed by atoms with van der Waals surface area (Å²) in [6.07, 6.45) is 15.3. The van der Waals surface area contributed by atoms with E-state index < -0.39 is 17.7 Å². The van der Waals surface area contributed by atoms with Crippen LogP contribution in [0.15, 0.2) is 36.4 Å². The van der Waals surface area contributed by atoms with Gasteiger partial charge in [0.05, 0.1) is 11.6 Å². The Labute approximate surface area is 240 Å². The molecule has 1 unspecified atom stereocenters. The number of ether oxygens (including phenoxy) is 1. The van der Waals surface area contributed by atoms with Crippen LogP contribution >= 0.6 is 0 Å². The fraction of sp³-hybridized carbons (Fsp3) is 0.583. The molecule has 2 aromatic rings. The number of unbranched alkanes of at least 4 members (excludes halogenated alkanes) is 2. The molecule has 0 N–H and O–H groups in total. The van der Waals surface area contributed by atoms with Crippen molar-refractivity contribution in [1.29, 1.82) is 5.26 Å². The van der Waals surface area contributed by atoms with Crippen LogP contribution in [0.2, 0.25) is 0 Å². The van der Waals surface area contributed by atoms with Crippen LogP contribution in [-0.4, -0.2) is 6.10 Å². The third kappa shape index (κ3) is 8.10. The van der Waals surface area contributed by atoms with E-state index in [-0.39, 0.29) is 11.7 Å². The fourth-order valence-corrected chi connectivity index (χ4v) is 6.90. The highest BCUT2D eigenvalue weighted by atomic mass is 19.2. The van der Waals surface area contributed by atoms with E-state index in [1.807, 2.05) is 0 Å². The van der Waals surface area contributed by atoms with Gasteiger partial charge in [-0.1, -0.05) is 70.3 Å². The van der Waals surface area contributed by atoms with E-state index in [9.17, 15) is 0 Å². The van der Waals surface area contributed by atoms with Gasteiger partial charge in [-0.15, -0.1) is 0 Å². The average Bonchev–Trinajstić information content (AvgIpc) is 2.99. The Hall–Kier alpha value is -2.85. The Balaban J connectivity index is 1.38. The highest BCUT2D eigenvalue weighted by molar-refractivity contribution is 5.40. The molecule has 0 spiro atoms. The highest BCUT2D eigenvalue weighted by Gasteiger charge is 2.32. The zero-order valence-corrected chi connectivity index (χ0v) is 24.4. The molecule has 40 heavy (non-hydrogen) atoms. The minimum atomic E-state index is -0.894. The Morgan fingerprint density at radius 3 is 2.08 bits per heavy atom. The van der Waals surface area contributed by atoms with Gasteiger partial charge in [0.1, 0.15) is 0 Å². The molecule has 2 aliphatic carbocycles. The van der Waals surface area contributed by atoms with Crippen LogP contribution in [-0.2, 0) is 0 Å². The van der Waals surface area contributed by atoms with Gasteiger partial charge in [-0.25, -0.2) is 4.39 Å². The molecule has 4 rings (SSSR count). The van der Waals surface area contributed by atoms with Crippen LogP contribution < -0.4 is 4.74 Å². The first-order valence-corrected chi connectivity index (χ1v) is 15.7. The molecule has 2 saturated carbocycles. The monoisotopic (exact) mass is 545 g/mol. The third-order valence-corrected chi connectivity index (χ3v) is 9.27. The van der Waals surface area contributed by atoms with E-state index in [0.29, 0.717) is 17.5 Å². The molecule has 2 aliphatic rings. The van der Waals surface area contributed by atoms with Crippen LogP contribution in [0.25, 0.3) is 0 Å². The van der Waals surface area contributed by atoms with E-state index in [4.69, 9.17) is 10.00 Å². The lowest BCUT2D eigenvalue weighted by atomic mass is 9.68. The predicted octanol–water partition coefficient (Wildman–Crippen LogP) is 10.1. The molecule has 0 bridgehead atoms. The Kier molecular flexibility index (Phi) is 11.5. The summed E-state index contributed by atoms with van der Waals surface area (Å²) in [4.78, 5) is 0. The van der Waals surface area contributed by atoms with Crippen molar-refractivity contribution < 1.29 is 13.5 Å². The van der Waals surface area contributed by atoms with Gasteiger partial charge in [0.15, 0.2) is 17.7 Å². The first-order valence-electron chi connectivity index (χ1n) is 15.7. The number of hydrogen-bond donors (Lipinski definition) is 0. The van der Waals surface area contributed by atoms with Gasteiger partial charge < -0.3 is 4.74 Å². The number of halogens is 2. The van der Waals surface area contributed by atoms with Crippen molar-refractivity contribution in [3.8, 4) is 23.7 Å². The largest absolute Gasteiger partial charge is 0.475 e. The lowest BCUT2D eigenvalue weighted by Gasteiger charge is -2.38. The Bertz CT molecular complexity index is 1170. The topological polar surface area (TPSA) is 33.0 Å². The van der Waals surface area contributed by atoms with E-state index >= 15 is 8.78 Å². The van der Waals surface area contributed by atoms with E-state index in [1.165, 1.54) is 38.5 Å². The first-order chi connectivity index (χ1) is 19.5. The van der Waals surface area contributed by atoms with Crippen molar-refractivity contribution in [3.05, 3.63) is 64.7 Å². The molecule has 0 heterocycles. The van der Waals surface area contributed by atoms with Crippen molar-refractivity contribution in [2.75, 3.05) is 0 Å². The van der Waals surface area contributed by atoms with Gasteiger partial charge in [0.25, 0.3) is 0 Å². The maximum Gasteiger partial charge on any atom is 0.200 e. The number of nitrogens with zero attached hydrogens (tertiary/aromatic N) is 1. The van der Waals surface area contributed by atoms with Crippen molar-refractivity contribution in [3.63, 3.8) is 0 Å². The van der Waals surface area contributed by atoms with Crippen LogP contribution in [0.5, 0.6) is 5.75 Å². The van der Waals surface area contributed by atoms with Gasteiger partial charge in [-0.05, 0) is 111 Å². The zero-order chi connectivity index (χ0) is 28.3. The summed E-state index contributed by atoms with van der Waals surface area (Å²) in [6.45, 7) is 4.41. The summed E-state index contributed by atoms with van der Waals surface area (Å²) in [5, 5.41) is 9.00. The molecule has 4 heteroatoms. The smallest absolute Gasteiger partial charge is 0.200 e. The minimum absolute atomic E-state index is 0.0607. The van der Waals surface area contributed by atoms with Gasteiger partial charge in [0.2, 0.25) is 5.82 Å². The number of benzene rings is 2. The molecule has 2 aromatic carbocycles. The summed E-state index contributed by atoms with van der Waals surface area (Å²) in [5.74, 6) is 7.04. The molecule has 1 atom stereocenters. The van der Waals surface area contributed by atoms with Gasteiger partial charge in [-0.3, -0.25) is 0 Å². The fourth-order valence-electron chi connectivity index (χ4n) is 6.90. The lowest BCUT2D eigenvalue weighted by Crippen LogP contribution is -2.25. The standard InChI is InChI=1S/C36H45F2NO/c1-3-5-6-8-32(22-15-27-9-11-28(25-39)12-10-27)40-34-24-23-33(35(37)36(34)38)31-20-18-30(19-21-31)29-16-13-26(7-4-2)14-17-29/h9-12,23-24,26,29-32H,3-8,13-14,16-21H2,1-2H3. The molecule has 0 saturated heterocycles. The van der Waals surface area contributed by atoms with Crippen molar-refractivity contribution in [2.45, 2.75) is 116 Å². The van der Waals surface area contributed by atoms with E-state index in [0.717, 1.165) is 68.3 Å². The minimum Gasteiger partial charge on any atom is -0.475 e. The molecule has 0 aliphatic heterocycles. The quantitative estimate of drug-likeness (QED) is 0.220. The summed E-state index contributed by atoms with van der Waals surface area (Å²) >= 11 is 0. The molecular weight excluding hydrogens is 500 g/mol. The Morgan fingerprint density at radius 1 is 0.800 bits per heavy atom. The molecule has 0 aromatic heterocycles. The zero-order valence-electron chi connectivity index (χ0n) is 24.4. The summed E-state index contributed by atoms with van der Waals surface area (Å²) < 4.78 is 36.6. The maximum atomic E-state index is 15.4. The predicted molar refractivity (Wildman–Crippen MR) is 158 cm³/mol. The summed E-state index contributed by atoms with van der Waals surface area (Å²) in [7, 11) is 0. The molecule has 2 fully saturated rings. The molecule has 214 valence electrons. The summed E-state index contributed by atoms with van der Waals surface area (Å²) in [6, 6.07) is 12.5. The number of rotatable bonds is 10. The number of hydrogen-bond acceptors (Lipinski definition) is 2. The second-order valence-corrected chi connectivity index (χ2v) is 12.0. The van der Waals surface area contributed by atoms with Crippen LogP contribution in [0.3, 0.4) is 0 Å². The third-order valence-electron chi connectivity index (χ3n) is 9.27. The normalized spacial score (nSPS) is 23.5.